The minimum absolute atomic E-state index is 0.0797. The van der Waals surface area contributed by atoms with E-state index in [0.717, 1.165) is 0 Å². The second-order valence-corrected chi connectivity index (χ2v) is 8.44. The van der Waals surface area contributed by atoms with Crippen LogP contribution >= 0.6 is 0 Å². The number of para-hydroxylation sites is 2. The molecule has 5 rings (SSSR count). The number of furan rings is 1. The predicted octanol–water partition coefficient (Wildman–Crippen LogP) is 5.02. The van der Waals surface area contributed by atoms with E-state index >= 15 is 0 Å². The summed E-state index contributed by atoms with van der Waals surface area (Å²) in [5.74, 6) is -2.09. The number of amides is 1. The van der Waals surface area contributed by atoms with E-state index in [4.69, 9.17) is 18.6 Å². The molecular formula is C29H23NO8. The highest BCUT2D eigenvalue weighted by Gasteiger charge is 2.46. The number of hydrogen-bond acceptors (Lipinski definition) is 8. The van der Waals surface area contributed by atoms with E-state index in [9.17, 15) is 19.5 Å². The first-order chi connectivity index (χ1) is 18.4. The van der Waals surface area contributed by atoms with Gasteiger partial charge in [0.05, 0.1) is 38.5 Å². The fraction of sp³-hybridized carbons (Fsp3) is 0.138. The lowest BCUT2D eigenvalue weighted by Gasteiger charge is -2.28. The number of carbonyl (C=O) groups excluding carboxylic acids is 3. The van der Waals surface area contributed by atoms with E-state index in [0.29, 0.717) is 28.0 Å². The third-order valence-electron chi connectivity index (χ3n) is 6.38. The lowest BCUT2D eigenvalue weighted by atomic mass is 9.94. The van der Waals surface area contributed by atoms with Crippen LogP contribution in [0, 0.1) is 0 Å². The molecule has 9 heteroatoms. The van der Waals surface area contributed by atoms with Crippen LogP contribution in [0.1, 0.15) is 32.5 Å². The Bertz CT molecular complexity index is 1620. The van der Waals surface area contributed by atoms with Gasteiger partial charge in [0.1, 0.15) is 5.75 Å². The highest BCUT2D eigenvalue weighted by Crippen LogP contribution is 2.45. The SMILES string of the molecule is COC(=O)c1cccc(N2C(=O)C(O)=C(C(=O)c3cc4cccc(OC)c4o3)C2c2ccccc2OC)c1. The van der Waals surface area contributed by atoms with E-state index in [1.165, 1.54) is 44.4 Å². The zero-order chi connectivity index (χ0) is 27.0. The van der Waals surface area contributed by atoms with Crippen molar-refractivity contribution in [2.45, 2.75) is 6.04 Å². The second-order valence-electron chi connectivity index (χ2n) is 8.44. The number of anilines is 1. The van der Waals surface area contributed by atoms with E-state index in [2.05, 4.69) is 0 Å². The van der Waals surface area contributed by atoms with Crippen LogP contribution in [0.5, 0.6) is 11.5 Å². The number of aliphatic hydroxyl groups is 1. The fourth-order valence-electron chi connectivity index (χ4n) is 4.63. The molecule has 1 aliphatic rings. The van der Waals surface area contributed by atoms with Crippen LogP contribution in [-0.2, 0) is 9.53 Å². The van der Waals surface area contributed by atoms with Gasteiger partial charge in [-0.25, -0.2) is 4.79 Å². The third kappa shape index (κ3) is 3.94. The van der Waals surface area contributed by atoms with Gasteiger partial charge >= 0.3 is 5.97 Å². The van der Waals surface area contributed by atoms with Gasteiger partial charge in [0.2, 0.25) is 5.78 Å². The van der Waals surface area contributed by atoms with Crippen LogP contribution in [0.3, 0.4) is 0 Å². The molecule has 1 N–H and O–H groups in total. The van der Waals surface area contributed by atoms with Gasteiger partial charge in [-0.2, -0.15) is 0 Å². The van der Waals surface area contributed by atoms with Crippen LogP contribution < -0.4 is 14.4 Å². The van der Waals surface area contributed by atoms with Crippen LogP contribution in [-0.4, -0.2) is 44.1 Å². The molecule has 1 amide bonds. The van der Waals surface area contributed by atoms with Gasteiger partial charge < -0.3 is 23.7 Å². The minimum Gasteiger partial charge on any atom is -0.503 e. The molecule has 1 aromatic heterocycles. The summed E-state index contributed by atoms with van der Waals surface area (Å²) in [6, 6.07) is 18.7. The van der Waals surface area contributed by atoms with E-state index in [1.807, 2.05) is 0 Å². The number of Topliss-reactive ketones (excluding diaryl/α,β-unsaturated/α-hetero) is 1. The first kappa shape index (κ1) is 24.6. The normalized spacial score (nSPS) is 15.2. The first-order valence-electron chi connectivity index (χ1n) is 11.6. The molecule has 0 saturated carbocycles. The number of fused-ring (bicyclic) bond motifs is 1. The lowest BCUT2D eigenvalue weighted by molar-refractivity contribution is -0.117. The first-order valence-corrected chi connectivity index (χ1v) is 11.6. The summed E-state index contributed by atoms with van der Waals surface area (Å²) in [6.07, 6.45) is 0. The molecule has 192 valence electrons. The van der Waals surface area contributed by atoms with E-state index in [1.54, 1.807) is 54.6 Å². The molecule has 0 bridgehead atoms. The molecule has 38 heavy (non-hydrogen) atoms. The molecule has 1 aliphatic heterocycles. The average molecular weight is 514 g/mol. The Morgan fingerprint density at radius 2 is 1.61 bits per heavy atom. The van der Waals surface area contributed by atoms with E-state index in [-0.39, 0.29) is 22.6 Å². The Kier molecular flexibility index (Phi) is 6.34. The van der Waals surface area contributed by atoms with Gasteiger partial charge in [0, 0.05) is 16.6 Å². The highest BCUT2D eigenvalue weighted by atomic mass is 16.5. The highest BCUT2D eigenvalue weighted by molar-refractivity contribution is 6.21. The van der Waals surface area contributed by atoms with Gasteiger partial charge in [0.15, 0.2) is 22.9 Å². The summed E-state index contributed by atoms with van der Waals surface area (Å²) >= 11 is 0. The number of carbonyl (C=O) groups is 3. The number of nitrogens with zero attached hydrogens (tertiary/aromatic N) is 1. The van der Waals surface area contributed by atoms with Gasteiger partial charge in [-0.15, -0.1) is 0 Å². The van der Waals surface area contributed by atoms with Gasteiger partial charge in [0.25, 0.3) is 5.91 Å². The molecule has 0 aliphatic carbocycles. The number of rotatable bonds is 7. The van der Waals surface area contributed by atoms with Crippen LogP contribution in [0.15, 0.2) is 88.5 Å². The predicted molar refractivity (Wildman–Crippen MR) is 138 cm³/mol. The second kappa shape index (κ2) is 9.78. The van der Waals surface area contributed by atoms with Crippen molar-refractivity contribution in [1.82, 2.24) is 0 Å². The topological polar surface area (TPSA) is 116 Å². The molecular weight excluding hydrogens is 490 g/mol. The maximum absolute atomic E-state index is 13.9. The number of ketones is 1. The minimum atomic E-state index is -1.09. The summed E-state index contributed by atoms with van der Waals surface area (Å²) in [7, 11) is 4.20. The van der Waals surface area contributed by atoms with Crippen LogP contribution in [0.2, 0.25) is 0 Å². The Labute approximate surface area is 217 Å². The van der Waals surface area contributed by atoms with Gasteiger partial charge in [-0.05, 0) is 36.4 Å². The average Bonchev–Trinajstić information content (AvgIpc) is 3.51. The third-order valence-corrected chi connectivity index (χ3v) is 6.38. The van der Waals surface area contributed by atoms with Crippen LogP contribution in [0.4, 0.5) is 5.69 Å². The number of benzene rings is 3. The molecule has 0 fully saturated rings. The zero-order valence-electron chi connectivity index (χ0n) is 20.8. The molecule has 1 unspecified atom stereocenters. The van der Waals surface area contributed by atoms with Crippen molar-refractivity contribution < 1.29 is 38.1 Å². The molecule has 2 heterocycles. The molecule has 4 aromatic rings. The van der Waals surface area contributed by atoms with Crippen molar-refractivity contribution in [2.75, 3.05) is 26.2 Å². The van der Waals surface area contributed by atoms with Gasteiger partial charge in [-0.1, -0.05) is 36.4 Å². The smallest absolute Gasteiger partial charge is 0.337 e. The van der Waals surface area contributed by atoms with Crippen LogP contribution in [0.25, 0.3) is 11.0 Å². The zero-order valence-corrected chi connectivity index (χ0v) is 20.8. The summed E-state index contributed by atoms with van der Waals surface area (Å²) in [5.41, 5.74) is 1.09. The van der Waals surface area contributed by atoms with Crippen molar-refractivity contribution in [3.05, 3.63) is 101 Å². The molecule has 9 nitrogen and oxygen atoms in total. The van der Waals surface area contributed by atoms with Crippen molar-refractivity contribution in [3.8, 4) is 11.5 Å². The van der Waals surface area contributed by atoms with Crippen molar-refractivity contribution in [3.63, 3.8) is 0 Å². The van der Waals surface area contributed by atoms with Crippen molar-refractivity contribution in [1.29, 1.82) is 0 Å². The molecule has 0 radical (unpaired) electrons. The molecule has 1 atom stereocenters. The van der Waals surface area contributed by atoms with E-state index < -0.39 is 29.5 Å². The number of ether oxygens (including phenoxy) is 3. The maximum atomic E-state index is 13.9. The molecule has 0 saturated heterocycles. The summed E-state index contributed by atoms with van der Waals surface area (Å²) in [4.78, 5) is 40.9. The number of aliphatic hydroxyl groups excluding tert-OH is 1. The standard InChI is InChI=1S/C29H23NO8/c1-35-20-12-5-4-11-19(20)24-23(25(31)22-15-16-8-7-13-21(36-2)27(16)38-22)26(32)28(33)30(24)18-10-6-9-17(14-18)29(34)37-3/h4-15,24,32H,1-3H3. The number of methoxy groups -OCH3 is 3. The Morgan fingerprint density at radius 3 is 2.34 bits per heavy atom. The number of hydrogen-bond donors (Lipinski definition) is 1. The van der Waals surface area contributed by atoms with Crippen molar-refractivity contribution >= 4 is 34.3 Å². The van der Waals surface area contributed by atoms with Gasteiger partial charge in [-0.3, -0.25) is 14.5 Å². The Hall–Kier alpha value is -5.05. The van der Waals surface area contributed by atoms with Crippen molar-refractivity contribution in [2.24, 2.45) is 0 Å². The summed E-state index contributed by atoms with van der Waals surface area (Å²) in [5, 5.41) is 11.7. The summed E-state index contributed by atoms with van der Waals surface area (Å²) < 4.78 is 21.5. The molecule has 0 spiro atoms. The summed E-state index contributed by atoms with van der Waals surface area (Å²) in [6.45, 7) is 0. The Balaban J connectivity index is 1.69. The number of esters is 1. The lowest BCUT2D eigenvalue weighted by Crippen LogP contribution is -2.31. The Morgan fingerprint density at radius 1 is 0.895 bits per heavy atom. The quantitative estimate of drug-likeness (QED) is 0.271. The maximum Gasteiger partial charge on any atom is 0.337 e. The fourth-order valence-corrected chi connectivity index (χ4v) is 4.63. The largest absolute Gasteiger partial charge is 0.503 e. The molecule has 3 aromatic carbocycles. The monoisotopic (exact) mass is 513 g/mol.